The summed E-state index contributed by atoms with van der Waals surface area (Å²) in [5.74, 6) is 0.235. The number of phosphoric acid groups is 1. The highest BCUT2D eigenvalue weighted by Gasteiger charge is 2.27. The fourth-order valence-electron chi connectivity index (χ4n) is 1.51. The third-order valence-corrected chi connectivity index (χ3v) is 4.64. The van der Waals surface area contributed by atoms with Crippen molar-refractivity contribution in [2.24, 2.45) is 0 Å². The zero-order valence-electron chi connectivity index (χ0n) is 13.4. The normalized spacial score (nSPS) is 12.6. The molecule has 23 heavy (non-hydrogen) atoms. The molecule has 0 aliphatic heterocycles. The molecular formula is C16H21O5PS. The van der Waals surface area contributed by atoms with Crippen LogP contribution in [-0.4, -0.2) is 18.3 Å². The van der Waals surface area contributed by atoms with E-state index in [4.69, 9.17) is 13.6 Å². The van der Waals surface area contributed by atoms with Crippen LogP contribution in [0, 0.1) is 0 Å². The van der Waals surface area contributed by atoms with Crippen LogP contribution in [0.25, 0.3) is 6.08 Å². The van der Waals surface area contributed by atoms with Gasteiger partial charge in [-0.25, -0.2) is 4.57 Å². The van der Waals surface area contributed by atoms with Gasteiger partial charge in [0.1, 0.15) is 5.76 Å². The van der Waals surface area contributed by atoms with Gasteiger partial charge in [-0.3, -0.25) is 13.8 Å². The molecule has 7 heteroatoms. The van der Waals surface area contributed by atoms with Crippen LogP contribution in [0.4, 0.5) is 0 Å². The maximum absolute atomic E-state index is 12.4. The number of rotatable bonds is 9. The molecule has 1 rings (SSSR count). The van der Waals surface area contributed by atoms with Gasteiger partial charge in [-0.1, -0.05) is 48.2 Å². The summed E-state index contributed by atoms with van der Waals surface area (Å²) in [6.45, 7) is 5.20. The van der Waals surface area contributed by atoms with Gasteiger partial charge >= 0.3 is 7.82 Å². The van der Waals surface area contributed by atoms with Crippen LogP contribution in [0.5, 0.6) is 0 Å². The summed E-state index contributed by atoms with van der Waals surface area (Å²) in [6.07, 6.45) is 3.41. The number of hydrogen-bond acceptors (Lipinski definition) is 6. The summed E-state index contributed by atoms with van der Waals surface area (Å²) < 4.78 is 28.1. The summed E-state index contributed by atoms with van der Waals surface area (Å²) in [6, 6.07) is 9.54. The third kappa shape index (κ3) is 8.18. The molecule has 0 unspecified atom stereocenters. The first-order valence-corrected chi connectivity index (χ1v) is 9.52. The van der Waals surface area contributed by atoms with Crippen LogP contribution in [0.3, 0.4) is 0 Å². The Morgan fingerprint density at radius 1 is 1.17 bits per heavy atom. The number of hydrogen-bond donors (Lipinski definition) is 0. The van der Waals surface area contributed by atoms with Crippen LogP contribution in [0.1, 0.15) is 26.3 Å². The topological polar surface area (TPSA) is 61.8 Å². The highest BCUT2D eigenvalue weighted by molar-refractivity contribution is 8.16. The van der Waals surface area contributed by atoms with Crippen LogP contribution < -0.4 is 0 Å². The molecule has 0 bridgehead atoms. The monoisotopic (exact) mass is 356 g/mol. The van der Waals surface area contributed by atoms with E-state index in [2.05, 4.69) is 0 Å². The Balaban J connectivity index is 2.96. The molecular weight excluding hydrogens is 335 g/mol. The van der Waals surface area contributed by atoms with E-state index >= 15 is 0 Å². The molecule has 0 heterocycles. The third-order valence-electron chi connectivity index (χ3n) is 2.37. The second-order valence-corrected chi connectivity index (χ2v) is 6.89. The predicted octanol–water partition coefficient (Wildman–Crippen LogP) is 5.02. The standard InChI is InChI=1S/C16H21O5PS/c1-4-19-22(18,20-5-2)21-16(13-23-14(3)17)12-11-15-9-7-6-8-10-15/h6-13H,4-5H2,1-3H3/b12-11+,16-13-. The Morgan fingerprint density at radius 3 is 2.30 bits per heavy atom. The maximum Gasteiger partial charge on any atom is 0.530 e. The van der Waals surface area contributed by atoms with Gasteiger partial charge in [-0.05, 0) is 25.5 Å². The Bertz CT molecular complexity index is 588. The van der Waals surface area contributed by atoms with E-state index in [0.717, 1.165) is 17.3 Å². The van der Waals surface area contributed by atoms with Gasteiger partial charge in [-0.15, -0.1) is 0 Å². The minimum Gasteiger partial charge on any atom is -0.403 e. The Hall–Kier alpha value is -1.33. The smallest absolute Gasteiger partial charge is 0.403 e. The molecule has 126 valence electrons. The lowest BCUT2D eigenvalue weighted by Crippen LogP contribution is -1.99. The molecule has 5 nitrogen and oxygen atoms in total. The SMILES string of the molecule is CCOP(=O)(OCC)OC(=C\SC(C)=O)/C=C/c1ccccc1. The number of benzene rings is 1. The lowest BCUT2D eigenvalue weighted by atomic mass is 10.2. The molecule has 0 N–H and O–H groups in total. The Morgan fingerprint density at radius 2 is 1.78 bits per heavy atom. The first kappa shape index (κ1) is 19.7. The number of allylic oxidation sites excluding steroid dienone is 1. The number of thioether (sulfide) groups is 1. The Kier molecular flexibility index (Phi) is 8.95. The van der Waals surface area contributed by atoms with Crippen molar-refractivity contribution in [1.82, 2.24) is 0 Å². The van der Waals surface area contributed by atoms with E-state index in [9.17, 15) is 9.36 Å². The number of carbonyl (C=O) groups is 1. The largest absolute Gasteiger partial charge is 0.530 e. The zero-order valence-corrected chi connectivity index (χ0v) is 15.1. The van der Waals surface area contributed by atoms with Gasteiger partial charge in [0.15, 0.2) is 5.12 Å². The predicted molar refractivity (Wildman–Crippen MR) is 93.8 cm³/mol. The van der Waals surface area contributed by atoms with Gasteiger partial charge in [-0.2, -0.15) is 0 Å². The summed E-state index contributed by atoms with van der Waals surface area (Å²) in [7, 11) is -3.70. The molecule has 0 fully saturated rings. The van der Waals surface area contributed by atoms with E-state index in [0.29, 0.717) is 0 Å². The van der Waals surface area contributed by atoms with Crippen LogP contribution in [0.2, 0.25) is 0 Å². The zero-order chi connectivity index (χ0) is 17.1. The van der Waals surface area contributed by atoms with Crippen molar-refractivity contribution >= 4 is 30.8 Å². The molecule has 0 aliphatic rings. The lowest BCUT2D eigenvalue weighted by molar-refractivity contribution is -0.109. The molecule has 1 aromatic carbocycles. The highest BCUT2D eigenvalue weighted by atomic mass is 32.2. The van der Waals surface area contributed by atoms with E-state index < -0.39 is 7.82 Å². The molecule has 0 amide bonds. The molecule has 0 spiro atoms. The molecule has 0 radical (unpaired) electrons. The van der Waals surface area contributed by atoms with Crippen molar-refractivity contribution in [2.45, 2.75) is 20.8 Å². The molecule has 0 aliphatic carbocycles. The second kappa shape index (κ2) is 10.4. The van der Waals surface area contributed by atoms with Crippen molar-refractivity contribution in [3.63, 3.8) is 0 Å². The first-order chi connectivity index (χ1) is 11.0. The van der Waals surface area contributed by atoms with Crippen LogP contribution in [-0.2, 0) is 22.9 Å². The maximum atomic E-state index is 12.4. The van der Waals surface area contributed by atoms with Gasteiger partial charge < -0.3 is 4.52 Å². The van der Waals surface area contributed by atoms with Crippen molar-refractivity contribution in [3.8, 4) is 0 Å². The Labute approximate surface area is 141 Å². The summed E-state index contributed by atoms with van der Waals surface area (Å²) in [4.78, 5) is 11.1. The molecule has 0 atom stereocenters. The molecule has 0 saturated heterocycles. The second-order valence-electron chi connectivity index (χ2n) is 4.25. The van der Waals surface area contributed by atoms with Gasteiger partial charge in [0.05, 0.1) is 13.2 Å². The van der Waals surface area contributed by atoms with Crippen LogP contribution in [0.15, 0.2) is 47.6 Å². The molecule has 0 aromatic heterocycles. The lowest BCUT2D eigenvalue weighted by Gasteiger charge is -2.17. The van der Waals surface area contributed by atoms with Gasteiger partial charge in [0.2, 0.25) is 0 Å². The average molecular weight is 356 g/mol. The minimum absolute atomic E-state index is 0.109. The van der Waals surface area contributed by atoms with E-state index in [1.165, 1.54) is 12.3 Å². The van der Waals surface area contributed by atoms with Crippen molar-refractivity contribution < 1.29 is 22.9 Å². The first-order valence-electron chi connectivity index (χ1n) is 7.18. The van der Waals surface area contributed by atoms with E-state index in [1.54, 1.807) is 26.0 Å². The van der Waals surface area contributed by atoms with Crippen molar-refractivity contribution in [1.29, 1.82) is 0 Å². The summed E-state index contributed by atoms with van der Waals surface area (Å²) >= 11 is 0.942. The van der Waals surface area contributed by atoms with E-state index in [1.807, 2.05) is 30.3 Å². The molecule has 1 aromatic rings. The number of carbonyl (C=O) groups excluding carboxylic acids is 1. The highest BCUT2D eigenvalue weighted by Crippen LogP contribution is 2.51. The van der Waals surface area contributed by atoms with Gasteiger partial charge in [0, 0.05) is 12.3 Å². The fraction of sp³-hybridized carbons (Fsp3) is 0.312. The summed E-state index contributed by atoms with van der Waals surface area (Å²) in [5.41, 5.74) is 0.942. The summed E-state index contributed by atoms with van der Waals surface area (Å²) in [5, 5.41) is 1.37. The molecule has 0 saturated carbocycles. The van der Waals surface area contributed by atoms with Crippen molar-refractivity contribution in [3.05, 3.63) is 53.1 Å². The number of phosphoric ester groups is 1. The van der Waals surface area contributed by atoms with E-state index in [-0.39, 0.29) is 24.1 Å². The fourth-order valence-corrected chi connectivity index (χ4v) is 3.17. The quantitative estimate of drug-likeness (QED) is 0.352. The minimum atomic E-state index is -3.70. The van der Waals surface area contributed by atoms with Crippen LogP contribution >= 0.6 is 19.6 Å². The van der Waals surface area contributed by atoms with Crippen molar-refractivity contribution in [2.75, 3.05) is 13.2 Å². The van der Waals surface area contributed by atoms with Gasteiger partial charge in [0.25, 0.3) is 0 Å². The average Bonchev–Trinajstić information content (AvgIpc) is 2.51.